The zero-order valence-corrected chi connectivity index (χ0v) is 10.0. The molecule has 0 amide bonds. The van der Waals surface area contributed by atoms with Gasteiger partial charge in [0.2, 0.25) is 0 Å². The van der Waals surface area contributed by atoms with E-state index in [1.807, 2.05) is 30.3 Å². The van der Waals surface area contributed by atoms with Gasteiger partial charge in [-0.25, -0.2) is 9.97 Å². The molecular formula is C12H9F3N2S. The van der Waals surface area contributed by atoms with Gasteiger partial charge in [-0.05, 0) is 5.56 Å². The van der Waals surface area contributed by atoms with E-state index in [0.717, 1.165) is 18.0 Å². The number of hydrogen-bond donors (Lipinski definition) is 0. The maximum atomic E-state index is 12.3. The van der Waals surface area contributed by atoms with Crippen LogP contribution in [-0.2, 0) is 11.9 Å². The summed E-state index contributed by atoms with van der Waals surface area (Å²) in [5.74, 6) is 0.631. The fraction of sp³-hybridized carbons (Fsp3) is 0.167. The van der Waals surface area contributed by atoms with E-state index < -0.39 is 11.7 Å². The topological polar surface area (TPSA) is 25.8 Å². The van der Waals surface area contributed by atoms with Crippen LogP contribution >= 0.6 is 11.8 Å². The van der Waals surface area contributed by atoms with Gasteiger partial charge in [-0.1, -0.05) is 42.1 Å². The fourth-order valence-electron chi connectivity index (χ4n) is 1.26. The highest BCUT2D eigenvalue weighted by Crippen LogP contribution is 2.28. The summed E-state index contributed by atoms with van der Waals surface area (Å²) in [6, 6.07) is 9.60. The average molecular weight is 270 g/mol. The maximum absolute atomic E-state index is 12.3. The average Bonchev–Trinajstić information content (AvgIpc) is 2.37. The van der Waals surface area contributed by atoms with Gasteiger partial charge in [0.15, 0.2) is 5.16 Å². The number of thioether (sulfide) groups is 1. The Labute approximate surface area is 106 Å². The van der Waals surface area contributed by atoms with Crippen molar-refractivity contribution in [1.82, 2.24) is 9.97 Å². The summed E-state index contributed by atoms with van der Waals surface area (Å²) in [5, 5.41) is 0.340. The van der Waals surface area contributed by atoms with Crippen LogP contribution in [0.4, 0.5) is 13.2 Å². The van der Waals surface area contributed by atoms with Crippen molar-refractivity contribution >= 4 is 11.8 Å². The van der Waals surface area contributed by atoms with E-state index in [-0.39, 0.29) is 0 Å². The molecule has 0 atom stereocenters. The van der Waals surface area contributed by atoms with Gasteiger partial charge < -0.3 is 0 Å². The van der Waals surface area contributed by atoms with E-state index in [2.05, 4.69) is 9.97 Å². The van der Waals surface area contributed by atoms with Crippen molar-refractivity contribution < 1.29 is 13.2 Å². The minimum atomic E-state index is -4.39. The number of hydrogen-bond acceptors (Lipinski definition) is 3. The van der Waals surface area contributed by atoms with Gasteiger partial charge in [-0.2, -0.15) is 13.2 Å². The second-order valence-corrected chi connectivity index (χ2v) is 4.47. The number of benzene rings is 1. The Balaban J connectivity index is 1.99. The van der Waals surface area contributed by atoms with E-state index in [1.165, 1.54) is 11.8 Å². The predicted molar refractivity (Wildman–Crippen MR) is 63.0 cm³/mol. The molecule has 0 aliphatic carbocycles. The molecule has 2 nitrogen and oxygen atoms in total. The lowest BCUT2D eigenvalue weighted by atomic mass is 10.2. The van der Waals surface area contributed by atoms with E-state index in [0.29, 0.717) is 10.9 Å². The molecule has 6 heteroatoms. The summed E-state index contributed by atoms with van der Waals surface area (Å²) < 4.78 is 36.9. The SMILES string of the molecule is FC(F)(F)c1cnc(SCc2ccccc2)nc1. The van der Waals surface area contributed by atoms with Crippen LogP contribution in [0.15, 0.2) is 47.9 Å². The van der Waals surface area contributed by atoms with E-state index in [1.54, 1.807) is 0 Å². The molecule has 1 aromatic carbocycles. The van der Waals surface area contributed by atoms with E-state index in [9.17, 15) is 13.2 Å². The van der Waals surface area contributed by atoms with Crippen LogP contribution in [0.25, 0.3) is 0 Å². The summed E-state index contributed by atoms with van der Waals surface area (Å²) in [6.45, 7) is 0. The molecule has 94 valence electrons. The second-order valence-electron chi connectivity index (χ2n) is 3.53. The highest BCUT2D eigenvalue weighted by atomic mass is 32.2. The Hall–Kier alpha value is -1.56. The van der Waals surface area contributed by atoms with Crippen LogP contribution in [0, 0.1) is 0 Å². The van der Waals surface area contributed by atoms with Gasteiger partial charge in [-0.15, -0.1) is 0 Å². The Bertz CT molecular complexity index is 497. The van der Waals surface area contributed by atoms with Crippen molar-refractivity contribution in [3.63, 3.8) is 0 Å². The van der Waals surface area contributed by atoms with Gasteiger partial charge in [0.1, 0.15) is 0 Å². The van der Waals surface area contributed by atoms with Gasteiger partial charge >= 0.3 is 6.18 Å². The standard InChI is InChI=1S/C12H9F3N2S/c13-12(14,15)10-6-16-11(17-7-10)18-8-9-4-2-1-3-5-9/h1-7H,8H2. The third-order valence-electron chi connectivity index (χ3n) is 2.17. The highest BCUT2D eigenvalue weighted by molar-refractivity contribution is 7.98. The molecule has 0 N–H and O–H groups in total. The minimum absolute atomic E-state index is 0.340. The number of aromatic nitrogens is 2. The lowest BCUT2D eigenvalue weighted by Gasteiger charge is -2.05. The first-order chi connectivity index (χ1) is 8.55. The Morgan fingerprint density at radius 3 is 2.17 bits per heavy atom. The molecule has 0 radical (unpaired) electrons. The zero-order valence-electron chi connectivity index (χ0n) is 9.19. The molecule has 0 bridgehead atoms. The maximum Gasteiger partial charge on any atom is 0.419 e. The minimum Gasteiger partial charge on any atom is -0.230 e. The predicted octanol–water partition coefficient (Wildman–Crippen LogP) is 3.79. The zero-order chi connectivity index (χ0) is 13.0. The van der Waals surface area contributed by atoms with Crippen molar-refractivity contribution in [3.05, 3.63) is 53.9 Å². The molecule has 1 heterocycles. The molecule has 0 saturated heterocycles. The molecule has 0 spiro atoms. The van der Waals surface area contributed by atoms with Gasteiger partial charge in [0, 0.05) is 18.1 Å². The summed E-state index contributed by atoms with van der Waals surface area (Å²) in [5.41, 5.74) is 0.248. The Morgan fingerprint density at radius 2 is 1.61 bits per heavy atom. The lowest BCUT2D eigenvalue weighted by molar-refractivity contribution is -0.138. The third kappa shape index (κ3) is 3.46. The van der Waals surface area contributed by atoms with Crippen molar-refractivity contribution in [2.45, 2.75) is 17.1 Å². The lowest BCUT2D eigenvalue weighted by Crippen LogP contribution is -2.06. The molecule has 18 heavy (non-hydrogen) atoms. The van der Waals surface area contributed by atoms with Gasteiger partial charge in [0.05, 0.1) is 5.56 Å². The van der Waals surface area contributed by atoms with Crippen LogP contribution < -0.4 is 0 Å². The summed E-state index contributed by atoms with van der Waals surface area (Å²) in [7, 11) is 0. The molecule has 2 aromatic rings. The van der Waals surface area contributed by atoms with Gasteiger partial charge in [0.25, 0.3) is 0 Å². The third-order valence-corrected chi connectivity index (χ3v) is 3.11. The quantitative estimate of drug-likeness (QED) is 0.627. The van der Waals surface area contributed by atoms with Crippen LogP contribution in [0.5, 0.6) is 0 Å². The highest BCUT2D eigenvalue weighted by Gasteiger charge is 2.31. The normalized spacial score (nSPS) is 11.5. The van der Waals surface area contributed by atoms with Crippen LogP contribution in [0.1, 0.15) is 11.1 Å². The Kier molecular flexibility index (Phi) is 3.86. The van der Waals surface area contributed by atoms with Crippen molar-refractivity contribution in [3.8, 4) is 0 Å². The van der Waals surface area contributed by atoms with Crippen molar-refractivity contribution in [2.75, 3.05) is 0 Å². The van der Waals surface area contributed by atoms with Crippen LogP contribution in [0.2, 0.25) is 0 Å². The van der Waals surface area contributed by atoms with Crippen molar-refractivity contribution in [2.24, 2.45) is 0 Å². The first-order valence-corrected chi connectivity index (χ1v) is 6.10. The molecule has 0 saturated carbocycles. The smallest absolute Gasteiger partial charge is 0.230 e. The first-order valence-electron chi connectivity index (χ1n) is 5.11. The van der Waals surface area contributed by atoms with Gasteiger partial charge in [-0.3, -0.25) is 0 Å². The van der Waals surface area contributed by atoms with Crippen molar-refractivity contribution in [1.29, 1.82) is 0 Å². The number of rotatable bonds is 3. The molecule has 2 rings (SSSR count). The summed E-state index contributed by atoms with van der Waals surface area (Å²) in [6.07, 6.45) is -2.77. The largest absolute Gasteiger partial charge is 0.419 e. The second kappa shape index (κ2) is 5.39. The summed E-state index contributed by atoms with van der Waals surface area (Å²) >= 11 is 1.30. The monoisotopic (exact) mass is 270 g/mol. The molecule has 0 aliphatic heterocycles. The van der Waals surface area contributed by atoms with E-state index in [4.69, 9.17) is 0 Å². The van der Waals surface area contributed by atoms with Crippen LogP contribution in [0.3, 0.4) is 0 Å². The molecule has 0 unspecified atom stereocenters. The Morgan fingerprint density at radius 1 is 1.00 bits per heavy atom. The number of alkyl halides is 3. The molecule has 0 aliphatic rings. The summed E-state index contributed by atoms with van der Waals surface area (Å²) in [4.78, 5) is 7.38. The fourth-order valence-corrected chi connectivity index (χ4v) is 2.00. The van der Waals surface area contributed by atoms with E-state index >= 15 is 0 Å². The number of nitrogens with zero attached hydrogens (tertiary/aromatic N) is 2. The molecular weight excluding hydrogens is 261 g/mol. The molecule has 1 aromatic heterocycles. The number of halogens is 3. The first kappa shape index (κ1) is 12.9. The molecule has 0 fully saturated rings. The van der Waals surface area contributed by atoms with Crippen LogP contribution in [-0.4, -0.2) is 9.97 Å².